The van der Waals surface area contributed by atoms with Gasteiger partial charge in [-0.2, -0.15) is 0 Å². The minimum Gasteiger partial charge on any atom is -0.494 e. The van der Waals surface area contributed by atoms with Gasteiger partial charge in [0.15, 0.2) is 9.84 Å². The Kier molecular flexibility index (Phi) is 6.19. The molecule has 0 bridgehead atoms. The van der Waals surface area contributed by atoms with Crippen molar-refractivity contribution in [2.75, 3.05) is 39.0 Å². The van der Waals surface area contributed by atoms with Gasteiger partial charge in [-0.1, -0.05) is 0 Å². The van der Waals surface area contributed by atoms with E-state index in [1.807, 2.05) is 4.90 Å². The van der Waals surface area contributed by atoms with Crippen LogP contribution in [0.3, 0.4) is 0 Å². The second-order valence-electron chi connectivity index (χ2n) is 7.22. The molecule has 2 aliphatic heterocycles. The van der Waals surface area contributed by atoms with Crippen LogP contribution in [0, 0.1) is 0 Å². The van der Waals surface area contributed by atoms with Crippen molar-refractivity contribution in [1.82, 2.24) is 9.80 Å². The Hall–Kier alpha value is -1.60. The summed E-state index contributed by atoms with van der Waals surface area (Å²) in [7, 11) is -3.19. The summed E-state index contributed by atoms with van der Waals surface area (Å²) in [6.45, 7) is 4.55. The van der Waals surface area contributed by atoms with E-state index in [0.717, 1.165) is 19.5 Å². The molecule has 0 N–H and O–H groups in total. The highest BCUT2D eigenvalue weighted by atomic mass is 32.2. The molecule has 0 spiro atoms. The van der Waals surface area contributed by atoms with Gasteiger partial charge in [-0.15, -0.1) is 0 Å². The van der Waals surface area contributed by atoms with Crippen molar-refractivity contribution in [3.05, 3.63) is 24.3 Å². The van der Waals surface area contributed by atoms with Crippen LogP contribution in [0.4, 0.5) is 0 Å². The maximum atomic E-state index is 12.4. The van der Waals surface area contributed by atoms with Crippen LogP contribution in [-0.4, -0.2) is 69.2 Å². The van der Waals surface area contributed by atoms with E-state index in [0.29, 0.717) is 31.2 Å². The first-order valence-corrected chi connectivity index (χ1v) is 11.3. The van der Waals surface area contributed by atoms with Crippen LogP contribution in [0.2, 0.25) is 0 Å². The molecule has 144 valence electrons. The number of amides is 1. The highest BCUT2D eigenvalue weighted by Crippen LogP contribution is 2.21. The zero-order valence-electron chi connectivity index (χ0n) is 15.4. The summed E-state index contributed by atoms with van der Waals surface area (Å²) >= 11 is 0. The normalized spacial score (nSPS) is 21.3. The number of carbonyl (C=O) groups excluding carboxylic acids is 1. The molecular formula is C19H28N2O4S. The number of ether oxygens (including phenoxy) is 1. The van der Waals surface area contributed by atoms with E-state index in [1.165, 1.54) is 32.2 Å². The second kappa shape index (κ2) is 8.39. The molecule has 0 saturated carbocycles. The van der Waals surface area contributed by atoms with Gasteiger partial charge < -0.3 is 9.64 Å². The highest BCUT2D eigenvalue weighted by Gasteiger charge is 2.31. The summed E-state index contributed by atoms with van der Waals surface area (Å²) in [6.07, 6.45) is 6.00. The fourth-order valence-electron chi connectivity index (χ4n) is 3.73. The number of rotatable bonds is 7. The monoisotopic (exact) mass is 380 g/mol. The fraction of sp³-hybridized carbons (Fsp3) is 0.632. The zero-order valence-corrected chi connectivity index (χ0v) is 16.2. The second-order valence-corrected chi connectivity index (χ2v) is 9.24. The van der Waals surface area contributed by atoms with Crippen molar-refractivity contribution < 1.29 is 17.9 Å². The van der Waals surface area contributed by atoms with E-state index in [9.17, 15) is 13.2 Å². The van der Waals surface area contributed by atoms with Gasteiger partial charge >= 0.3 is 0 Å². The third-order valence-corrected chi connectivity index (χ3v) is 6.36. The molecule has 0 aromatic heterocycles. The molecule has 1 unspecified atom stereocenters. The number of nitrogens with zero attached hydrogens (tertiary/aromatic N) is 2. The Labute approximate surface area is 156 Å². The lowest BCUT2D eigenvalue weighted by Gasteiger charge is -2.23. The van der Waals surface area contributed by atoms with E-state index in [2.05, 4.69) is 4.90 Å². The Balaban J connectivity index is 1.36. The van der Waals surface area contributed by atoms with Crippen LogP contribution >= 0.6 is 0 Å². The highest BCUT2D eigenvalue weighted by molar-refractivity contribution is 7.90. The lowest BCUT2D eigenvalue weighted by atomic mass is 10.2. The predicted molar refractivity (Wildman–Crippen MR) is 100 cm³/mol. The molecule has 26 heavy (non-hydrogen) atoms. The Morgan fingerprint density at radius 2 is 1.85 bits per heavy atom. The molecular weight excluding hydrogens is 352 g/mol. The SMILES string of the molecule is CS(=O)(=O)c1ccc(OCCCC(=O)N2CCC(N3CCCC3)C2)cc1. The average molecular weight is 381 g/mol. The van der Waals surface area contributed by atoms with E-state index in [-0.39, 0.29) is 10.8 Å². The quantitative estimate of drug-likeness (QED) is 0.677. The molecule has 2 saturated heterocycles. The first kappa shape index (κ1) is 19.2. The third-order valence-electron chi connectivity index (χ3n) is 5.23. The summed E-state index contributed by atoms with van der Waals surface area (Å²) in [5.41, 5.74) is 0. The number of sulfone groups is 1. The van der Waals surface area contributed by atoms with Gasteiger partial charge in [-0.25, -0.2) is 8.42 Å². The summed E-state index contributed by atoms with van der Waals surface area (Å²) < 4.78 is 28.5. The van der Waals surface area contributed by atoms with Crippen LogP contribution in [0.15, 0.2) is 29.2 Å². The molecule has 0 aliphatic carbocycles. The number of hydrogen-bond acceptors (Lipinski definition) is 5. The fourth-order valence-corrected chi connectivity index (χ4v) is 4.36. The van der Waals surface area contributed by atoms with Gasteiger partial charge in [-0.05, 0) is 63.0 Å². The van der Waals surface area contributed by atoms with Crippen molar-refractivity contribution in [3.8, 4) is 5.75 Å². The predicted octanol–water partition coefficient (Wildman–Crippen LogP) is 1.95. The van der Waals surface area contributed by atoms with Crippen molar-refractivity contribution in [2.45, 2.75) is 43.0 Å². The van der Waals surface area contributed by atoms with Crippen molar-refractivity contribution in [2.24, 2.45) is 0 Å². The number of carbonyl (C=O) groups is 1. The molecule has 1 aromatic carbocycles. The maximum Gasteiger partial charge on any atom is 0.222 e. The Bertz CT molecular complexity index is 712. The molecule has 7 heteroatoms. The van der Waals surface area contributed by atoms with Gasteiger partial charge in [0.1, 0.15) is 5.75 Å². The van der Waals surface area contributed by atoms with E-state index < -0.39 is 9.84 Å². The molecule has 2 aliphatic rings. The zero-order chi connectivity index (χ0) is 18.6. The third kappa shape index (κ3) is 4.98. The number of likely N-dealkylation sites (tertiary alicyclic amines) is 2. The first-order chi connectivity index (χ1) is 12.4. The van der Waals surface area contributed by atoms with Crippen molar-refractivity contribution in [3.63, 3.8) is 0 Å². The molecule has 1 atom stereocenters. The van der Waals surface area contributed by atoms with Crippen molar-refractivity contribution >= 4 is 15.7 Å². The van der Waals surface area contributed by atoms with E-state index >= 15 is 0 Å². The van der Waals surface area contributed by atoms with E-state index in [1.54, 1.807) is 24.3 Å². The van der Waals surface area contributed by atoms with Crippen molar-refractivity contribution in [1.29, 1.82) is 0 Å². The summed E-state index contributed by atoms with van der Waals surface area (Å²) in [4.78, 5) is 17.2. The topological polar surface area (TPSA) is 66.9 Å². The van der Waals surface area contributed by atoms with Crippen LogP contribution in [0.5, 0.6) is 5.75 Å². The largest absolute Gasteiger partial charge is 0.494 e. The molecule has 1 aromatic rings. The minimum absolute atomic E-state index is 0.211. The molecule has 6 nitrogen and oxygen atoms in total. The van der Waals surface area contributed by atoms with Gasteiger partial charge in [0.05, 0.1) is 11.5 Å². The van der Waals surface area contributed by atoms with Crippen LogP contribution in [0.1, 0.15) is 32.1 Å². The smallest absolute Gasteiger partial charge is 0.222 e. The molecule has 2 heterocycles. The average Bonchev–Trinajstić information content (AvgIpc) is 3.29. The summed E-state index contributed by atoms with van der Waals surface area (Å²) in [5, 5.41) is 0. The summed E-state index contributed by atoms with van der Waals surface area (Å²) in [5.74, 6) is 0.836. The standard InChI is InChI=1S/C19H28N2O4S/c1-26(23,24)18-8-6-17(7-9-18)25-14-4-5-19(22)21-13-10-16(15-21)20-11-2-3-12-20/h6-9,16H,2-5,10-15H2,1H3. The molecule has 0 radical (unpaired) electrons. The van der Waals surface area contributed by atoms with Gasteiger partial charge in [0, 0.05) is 31.8 Å². The minimum atomic E-state index is -3.19. The lowest BCUT2D eigenvalue weighted by molar-refractivity contribution is -0.130. The van der Waals surface area contributed by atoms with E-state index in [4.69, 9.17) is 4.74 Å². The molecule has 3 rings (SSSR count). The maximum absolute atomic E-state index is 12.4. The Morgan fingerprint density at radius 1 is 1.15 bits per heavy atom. The molecule has 1 amide bonds. The molecule has 2 fully saturated rings. The van der Waals surface area contributed by atoms with Crippen LogP contribution in [-0.2, 0) is 14.6 Å². The lowest BCUT2D eigenvalue weighted by Crippen LogP contribution is -2.37. The van der Waals surface area contributed by atoms with Gasteiger partial charge in [0.25, 0.3) is 0 Å². The first-order valence-electron chi connectivity index (χ1n) is 9.38. The van der Waals surface area contributed by atoms with Crippen LogP contribution in [0.25, 0.3) is 0 Å². The van der Waals surface area contributed by atoms with Gasteiger partial charge in [-0.3, -0.25) is 9.69 Å². The van der Waals surface area contributed by atoms with Crippen LogP contribution < -0.4 is 4.74 Å². The number of benzene rings is 1. The van der Waals surface area contributed by atoms with Gasteiger partial charge in [0.2, 0.25) is 5.91 Å². The number of hydrogen-bond donors (Lipinski definition) is 0. The Morgan fingerprint density at radius 3 is 2.50 bits per heavy atom. The summed E-state index contributed by atoms with van der Waals surface area (Å²) in [6, 6.07) is 6.93.